The van der Waals surface area contributed by atoms with E-state index >= 15 is 0 Å². The molecule has 0 aliphatic rings. The van der Waals surface area contributed by atoms with E-state index in [1.54, 1.807) is 13.0 Å². The molecule has 7 heteroatoms. The smallest absolute Gasteiger partial charge is 0.290 e. The third kappa shape index (κ3) is 7.72. The standard InChI is InChI=1S/C20H26N2O5/c1-16-13-20(21-14-19(16)22(23)24)27-17(2)9-12-25-10-6-11-26-15-18-7-4-3-5-8-18/h3-5,7-8,13-14,17H,6,9-12,15H2,1-2H3. The summed E-state index contributed by atoms with van der Waals surface area (Å²) in [5.41, 5.74) is 1.69. The summed E-state index contributed by atoms with van der Waals surface area (Å²) < 4.78 is 16.9. The van der Waals surface area contributed by atoms with Crippen LogP contribution in [0.4, 0.5) is 5.69 Å². The van der Waals surface area contributed by atoms with E-state index in [4.69, 9.17) is 14.2 Å². The number of pyridine rings is 1. The summed E-state index contributed by atoms with van der Waals surface area (Å²) in [5, 5.41) is 10.8. The average molecular weight is 374 g/mol. The molecule has 0 aliphatic heterocycles. The summed E-state index contributed by atoms with van der Waals surface area (Å²) in [5.74, 6) is 0.389. The molecule has 7 nitrogen and oxygen atoms in total. The summed E-state index contributed by atoms with van der Waals surface area (Å²) in [4.78, 5) is 14.3. The molecule has 1 aromatic carbocycles. The molecule has 0 saturated heterocycles. The lowest BCUT2D eigenvalue weighted by Gasteiger charge is -2.14. The van der Waals surface area contributed by atoms with Crippen molar-refractivity contribution in [3.05, 3.63) is 63.8 Å². The fraction of sp³-hybridized carbons (Fsp3) is 0.450. The maximum atomic E-state index is 10.8. The van der Waals surface area contributed by atoms with Gasteiger partial charge in [-0.3, -0.25) is 10.1 Å². The van der Waals surface area contributed by atoms with Crippen molar-refractivity contribution in [2.24, 2.45) is 0 Å². The zero-order chi connectivity index (χ0) is 19.5. The molecular weight excluding hydrogens is 348 g/mol. The molecule has 0 amide bonds. The minimum absolute atomic E-state index is 0.00665. The van der Waals surface area contributed by atoms with E-state index in [1.807, 2.05) is 37.3 Å². The quantitative estimate of drug-likeness (QED) is 0.316. The van der Waals surface area contributed by atoms with Crippen LogP contribution in [0.1, 0.15) is 30.9 Å². The van der Waals surface area contributed by atoms with Crippen molar-refractivity contribution < 1.29 is 19.1 Å². The molecule has 27 heavy (non-hydrogen) atoms. The van der Waals surface area contributed by atoms with Crippen molar-refractivity contribution in [1.82, 2.24) is 4.98 Å². The van der Waals surface area contributed by atoms with E-state index in [0.29, 0.717) is 44.3 Å². The van der Waals surface area contributed by atoms with Crippen molar-refractivity contribution in [2.75, 3.05) is 19.8 Å². The number of rotatable bonds is 12. The van der Waals surface area contributed by atoms with E-state index in [1.165, 1.54) is 11.8 Å². The maximum Gasteiger partial charge on any atom is 0.290 e. The second-order valence-electron chi connectivity index (χ2n) is 6.29. The Balaban J connectivity index is 1.54. The van der Waals surface area contributed by atoms with Gasteiger partial charge in [0.2, 0.25) is 5.88 Å². The van der Waals surface area contributed by atoms with Gasteiger partial charge in [-0.05, 0) is 25.8 Å². The normalized spacial score (nSPS) is 11.9. The molecule has 0 saturated carbocycles. The molecule has 0 radical (unpaired) electrons. The minimum atomic E-state index is -0.451. The Bertz CT molecular complexity index is 709. The molecule has 0 spiro atoms. The molecule has 2 aromatic rings. The Morgan fingerprint density at radius 2 is 1.89 bits per heavy atom. The molecule has 146 valence electrons. The van der Waals surface area contributed by atoms with Crippen LogP contribution in [0.5, 0.6) is 5.88 Å². The highest BCUT2D eigenvalue weighted by atomic mass is 16.6. The van der Waals surface area contributed by atoms with Gasteiger partial charge in [-0.2, -0.15) is 0 Å². The number of ether oxygens (including phenoxy) is 3. The number of nitro groups is 1. The average Bonchev–Trinajstić information content (AvgIpc) is 2.64. The Kier molecular flexibility index (Phi) is 8.67. The van der Waals surface area contributed by atoms with Gasteiger partial charge in [0.25, 0.3) is 5.69 Å². The first kappa shape index (κ1) is 20.8. The van der Waals surface area contributed by atoms with Crippen LogP contribution in [-0.2, 0) is 16.1 Å². The van der Waals surface area contributed by atoms with Crippen LogP contribution in [0.15, 0.2) is 42.6 Å². The summed E-state index contributed by atoms with van der Waals surface area (Å²) in [6.45, 7) is 6.08. The van der Waals surface area contributed by atoms with Crippen LogP contribution in [-0.4, -0.2) is 35.8 Å². The second-order valence-corrected chi connectivity index (χ2v) is 6.29. The molecule has 2 rings (SSSR count). The molecule has 1 aromatic heterocycles. The highest BCUT2D eigenvalue weighted by Crippen LogP contribution is 2.21. The predicted octanol–water partition coefficient (Wildman–Crippen LogP) is 4.08. The van der Waals surface area contributed by atoms with E-state index < -0.39 is 4.92 Å². The van der Waals surface area contributed by atoms with Crippen molar-refractivity contribution >= 4 is 5.69 Å². The summed E-state index contributed by atoms with van der Waals surface area (Å²) >= 11 is 0. The lowest BCUT2D eigenvalue weighted by Crippen LogP contribution is -2.16. The van der Waals surface area contributed by atoms with Gasteiger partial charge in [-0.25, -0.2) is 4.98 Å². The van der Waals surface area contributed by atoms with Gasteiger partial charge < -0.3 is 14.2 Å². The van der Waals surface area contributed by atoms with Gasteiger partial charge in [0.05, 0.1) is 24.2 Å². The summed E-state index contributed by atoms with van der Waals surface area (Å²) in [6.07, 6.45) is 2.68. The van der Waals surface area contributed by atoms with Crippen molar-refractivity contribution in [3.63, 3.8) is 0 Å². The number of hydrogen-bond acceptors (Lipinski definition) is 6. The first-order chi connectivity index (χ1) is 13.1. The van der Waals surface area contributed by atoms with E-state index in [0.717, 1.165) is 6.42 Å². The number of aryl methyl sites for hydroxylation is 1. The maximum absolute atomic E-state index is 10.8. The SMILES string of the molecule is Cc1cc(OC(C)CCOCCCOCc2ccccc2)ncc1[N+](=O)[O-]. The Morgan fingerprint density at radius 1 is 1.15 bits per heavy atom. The largest absolute Gasteiger partial charge is 0.475 e. The molecular formula is C20H26N2O5. The van der Waals surface area contributed by atoms with Gasteiger partial charge in [0, 0.05) is 31.3 Å². The Labute approximate surface area is 159 Å². The van der Waals surface area contributed by atoms with Gasteiger partial charge in [-0.1, -0.05) is 30.3 Å². The van der Waals surface area contributed by atoms with E-state index in [-0.39, 0.29) is 11.8 Å². The number of aromatic nitrogens is 1. The molecule has 0 N–H and O–H groups in total. The van der Waals surface area contributed by atoms with Gasteiger partial charge in [0.1, 0.15) is 6.20 Å². The monoisotopic (exact) mass is 374 g/mol. The van der Waals surface area contributed by atoms with E-state index in [2.05, 4.69) is 4.98 Å². The van der Waals surface area contributed by atoms with Crippen molar-refractivity contribution in [3.8, 4) is 5.88 Å². The minimum Gasteiger partial charge on any atom is -0.475 e. The third-order valence-electron chi connectivity index (χ3n) is 3.93. The fourth-order valence-corrected chi connectivity index (χ4v) is 2.42. The van der Waals surface area contributed by atoms with Crippen molar-refractivity contribution in [2.45, 2.75) is 39.4 Å². The highest BCUT2D eigenvalue weighted by molar-refractivity contribution is 5.39. The zero-order valence-corrected chi connectivity index (χ0v) is 15.8. The Hall–Kier alpha value is -2.51. The van der Waals surface area contributed by atoms with Crippen LogP contribution in [0, 0.1) is 17.0 Å². The molecule has 0 bridgehead atoms. The lowest BCUT2D eigenvalue weighted by molar-refractivity contribution is -0.385. The van der Waals surface area contributed by atoms with Gasteiger partial charge >= 0.3 is 0 Å². The van der Waals surface area contributed by atoms with Crippen molar-refractivity contribution in [1.29, 1.82) is 0 Å². The fourth-order valence-electron chi connectivity index (χ4n) is 2.42. The van der Waals surface area contributed by atoms with Crippen LogP contribution in [0.25, 0.3) is 0 Å². The number of nitrogens with zero attached hydrogens (tertiary/aromatic N) is 2. The molecule has 1 atom stereocenters. The predicted molar refractivity (Wildman–Crippen MR) is 102 cm³/mol. The van der Waals surface area contributed by atoms with E-state index in [9.17, 15) is 10.1 Å². The first-order valence-electron chi connectivity index (χ1n) is 9.03. The van der Waals surface area contributed by atoms with Gasteiger partial charge in [-0.15, -0.1) is 0 Å². The van der Waals surface area contributed by atoms with Crippen LogP contribution < -0.4 is 4.74 Å². The first-order valence-corrected chi connectivity index (χ1v) is 9.03. The number of benzene rings is 1. The summed E-state index contributed by atoms with van der Waals surface area (Å²) in [7, 11) is 0. The zero-order valence-electron chi connectivity index (χ0n) is 15.8. The molecule has 0 fully saturated rings. The lowest BCUT2D eigenvalue weighted by atomic mass is 10.2. The second kappa shape index (κ2) is 11.3. The molecule has 1 unspecified atom stereocenters. The highest BCUT2D eigenvalue weighted by Gasteiger charge is 2.13. The molecule has 1 heterocycles. The Morgan fingerprint density at radius 3 is 2.59 bits per heavy atom. The number of hydrogen-bond donors (Lipinski definition) is 0. The van der Waals surface area contributed by atoms with Crippen LogP contribution >= 0.6 is 0 Å². The summed E-state index contributed by atoms with van der Waals surface area (Å²) in [6, 6.07) is 11.6. The topological polar surface area (TPSA) is 83.7 Å². The molecule has 0 aliphatic carbocycles. The van der Waals surface area contributed by atoms with Crippen LogP contribution in [0.2, 0.25) is 0 Å². The van der Waals surface area contributed by atoms with Gasteiger partial charge in [0.15, 0.2) is 0 Å². The third-order valence-corrected chi connectivity index (χ3v) is 3.93. The van der Waals surface area contributed by atoms with Crippen LogP contribution in [0.3, 0.4) is 0 Å².